The molecule has 19 nitrogen and oxygen atoms in total. The molecule has 0 saturated carbocycles. The van der Waals surface area contributed by atoms with E-state index >= 15 is 0 Å². The number of nitrogens with one attached hydrogen (secondary N) is 3. The fourth-order valence-electron chi connectivity index (χ4n) is 3.33. The van der Waals surface area contributed by atoms with Gasteiger partial charge in [-0.2, -0.15) is 13.2 Å². The van der Waals surface area contributed by atoms with E-state index in [2.05, 4.69) is 25.9 Å². The Morgan fingerprint density at radius 3 is 1.43 bits per heavy atom. The predicted molar refractivity (Wildman–Crippen MR) is 160 cm³/mol. The number of carbonyl (C=O) groups is 5. The van der Waals surface area contributed by atoms with Gasteiger partial charge in [0.05, 0.1) is 6.10 Å². The van der Waals surface area contributed by atoms with Crippen LogP contribution in [0.15, 0.2) is 9.98 Å². The van der Waals surface area contributed by atoms with Crippen LogP contribution >= 0.6 is 0 Å². The van der Waals surface area contributed by atoms with E-state index in [4.69, 9.17) is 44.3 Å². The van der Waals surface area contributed by atoms with Gasteiger partial charge in [-0.15, -0.1) is 0 Å². The second-order valence-electron chi connectivity index (χ2n) is 9.77. The average Bonchev–Trinajstić information content (AvgIpc) is 2.94. The Bertz CT molecular complexity index is 1040. The largest absolute Gasteiger partial charge is 0.490 e. The number of aliphatic imine (C=N–C) groups is 2. The molecule has 0 aromatic carbocycles. The van der Waals surface area contributed by atoms with E-state index in [1.807, 2.05) is 0 Å². The molecule has 0 aromatic rings. The molecule has 0 saturated heterocycles. The minimum Gasteiger partial charge on any atom is -0.480 e. The van der Waals surface area contributed by atoms with Crippen molar-refractivity contribution in [1.29, 1.82) is 0 Å². The second-order valence-corrected chi connectivity index (χ2v) is 9.77. The lowest BCUT2D eigenvalue weighted by molar-refractivity contribution is -0.192. The average molecular weight is 674 g/mol. The van der Waals surface area contributed by atoms with Crippen LogP contribution in [-0.2, 0) is 24.0 Å². The first-order chi connectivity index (χ1) is 21.2. The molecule has 0 aromatic heterocycles. The minimum atomic E-state index is -5.08. The molecule has 5 atom stereocenters. The lowest BCUT2D eigenvalue weighted by Gasteiger charge is -2.25. The number of carboxylic acids is 2. The number of guanidine groups is 2. The highest BCUT2D eigenvalue weighted by atomic mass is 19.4. The summed E-state index contributed by atoms with van der Waals surface area (Å²) < 4.78 is 31.7. The third kappa shape index (κ3) is 21.3. The van der Waals surface area contributed by atoms with Crippen LogP contribution in [0.2, 0.25) is 0 Å². The number of amides is 3. The number of rotatable bonds is 20. The van der Waals surface area contributed by atoms with Crippen molar-refractivity contribution >= 4 is 41.6 Å². The Labute approximate surface area is 262 Å². The van der Waals surface area contributed by atoms with Crippen LogP contribution in [-0.4, -0.2) is 113 Å². The molecular weight excluding hydrogens is 627 g/mol. The second kappa shape index (κ2) is 23.0. The molecule has 46 heavy (non-hydrogen) atoms. The fourth-order valence-corrected chi connectivity index (χ4v) is 3.33. The highest BCUT2D eigenvalue weighted by molar-refractivity contribution is 5.94. The number of halogens is 3. The maximum Gasteiger partial charge on any atom is 0.490 e. The van der Waals surface area contributed by atoms with Crippen molar-refractivity contribution in [3.8, 4) is 0 Å². The number of carbonyl (C=O) groups excluding carboxylic acids is 3. The zero-order valence-electron chi connectivity index (χ0n) is 25.3. The van der Waals surface area contributed by atoms with Gasteiger partial charge in [-0.3, -0.25) is 24.4 Å². The first-order valence-electron chi connectivity index (χ1n) is 13.9. The quantitative estimate of drug-likeness (QED) is 0.0334. The van der Waals surface area contributed by atoms with Gasteiger partial charge in [0, 0.05) is 13.1 Å². The van der Waals surface area contributed by atoms with Gasteiger partial charge in [0.15, 0.2) is 11.9 Å². The van der Waals surface area contributed by atoms with Crippen LogP contribution in [0.4, 0.5) is 13.2 Å². The Morgan fingerprint density at radius 1 is 0.717 bits per heavy atom. The summed E-state index contributed by atoms with van der Waals surface area (Å²) >= 11 is 0. The third-order valence-electron chi connectivity index (χ3n) is 5.78. The number of nitrogens with two attached hydrogens (primary N) is 6. The van der Waals surface area contributed by atoms with E-state index in [0.717, 1.165) is 0 Å². The maximum atomic E-state index is 13.2. The molecule has 0 radical (unpaired) electrons. The van der Waals surface area contributed by atoms with Gasteiger partial charge in [0.1, 0.15) is 24.2 Å². The van der Waals surface area contributed by atoms with Gasteiger partial charge in [-0.1, -0.05) is 0 Å². The van der Waals surface area contributed by atoms with Gasteiger partial charge in [-0.25, -0.2) is 9.59 Å². The van der Waals surface area contributed by atoms with Gasteiger partial charge in [-0.05, 0) is 58.4 Å². The van der Waals surface area contributed by atoms with E-state index in [0.29, 0.717) is 25.8 Å². The zero-order valence-corrected chi connectivity index (χ0v) is 25.3. The number of alkyl halides is 3. The molecule has 0 unspecified atom stereocenters. The van der Waals surface area contributed by atoms with Crippen molar-refractivity contribution in [2.75, 3.05) is 19.6 Å². The number of hydrogen-bond acceptors (Lipinski definition) is 10. The SMILES string of the molecule is C[C@@H](O)[C@H](N)C(=O)N[C@@H](CCCN=C(N)N)C(=O)N[C@@H](CCCCN)C(=O)N[C@@H](CCCN=C(N)N)C(=O)O.O=C(O)C(F)(F)F. The Balaban J connectivity index is 0. The van der Waals surface area contributed by atoms with Gasteiger partial charge >= 0.3 is 18.1 Å². The molecule has 0 rings (SSSR count). The van der Waals surface area contributed by atoms with Crippen LogP contribution in [0, 0.1) is 0 Å². The Morgan fingerprint density at radius 2 is 1.09 bits per heavy atom. The first kappa shape index (κ1) is 43.7. The molecule has 0 spiro atoms. The van der Waals surface area contributed by atoms with Crippen LogP contribution in [0.3, 0.4) is 0 Å². The van der Waals surface area contributed by atoms with Crippen LogP contribution in [0.1, 0.15) is 51.9 Å². The molecule has 18 N–H and O–H groups in total. The smallest absolute Gasteiger partial charge is 0.480 e. The molecule has 0 fully saturated rings. The van der Waals surface area contributed by atoms with Crippen LogP contribution in [0.5, 0.6) is 0 Å². The number of unbranched alkanes of at least 4 members (excludes halogenated alkanes) is 1. The van der Waals surface area contributed by atoms with Gasteiger partial charge < -0.3 is 65.7 Å². The fraction of sp³-hybridized carbons (Fsp3) is 0.708. The summed E-state index contributed by atoms with van der Waals surface area (Å²) in [5.74, 6) is -6.51. The van der Waals surface area contributed by atoms with Crippen molar-refractivity contribution in [2.24, 2.45) is 44.4 Å². The number of aliphatic carboxylic acids is 2. The summed E-state index contributed by atoms with van der Waals surface area (Å²) in [5.41, 5.74) is 32.4. The van der Waals surface area contributed by atoms with E-state index in [1.54, 1.807) is 0 Å². The van der Waals surface area contributed by atoms with Crippen molar-refractivity contribution in [2.45, 2.75) is 88.3 Å². The number of carboxylic acid groups (broad SMARTS) is 2. The topological polar surface area (TPSA) is 363 Å². The third-order valence-corrected chi connectivity index (χ3v) is 5.78. The lowest BCUT2D eigenvalue weighted by Crippen LogP contribution is -2.58. The molecule has 266 valence electrons. The summed E-state index contributed by atoms with van der Waals surface area (Å²) in [6, 6.07) is -4.81. The van der Waals surface area contributed by atoms with Crippen LogP contribution < -0.4 is 50.4 Å². The molecule has 3 amide bonds. The normalized spacial score (nSPS) is 14.1. The summed E-state index contributed by atoms with van der Waals surface area (Å²) in [6.07, 6.45) is -4.37. The first-order valence-corrected chi connectivity index (χ1v) is 13.9. The van der Waals surface area contributed by atoms with E-state index in [1.165, 1.54) is 6.92 Å². The van der Waals surface area contributed by atoms with Gasteiger partial charge in [0.2, 0.25) is 17.7 Å². The molecule has 0 aliphatic carbocycles. The number of hydrogen-bond donors (Lipinski definition) is 12. The molecule has 22 heteroatoms. The number of aliphatic hydroxyl groups is 1. The Kier molecular flexibility index (Phi) is 21.8. The molecule has 0 aliphatic heterocycles. The van der Waals surface area contributed by atoms with Crippen molar-refractivity contribution in [3.63, 3.8) is 0 Å². The summed E-state index contributed by atoms with van der Waals surface area (Å²) in [6.45, 7) is 2.02. The van der Waals surface area contributed by atoms with E-state index in [9.17, 15) is 42.6 Å². The number of aliphatic hydroxyl groups excluding tert-OH is 1. The maximum absolute atomic E-state index is 13.2. The predicted octanol–water partition coefficient (Wildman–Crippen LogP) is -3.90. The van der Waals surface area contributed by atoms with Gasteiger partial charge in [0.25, 0.3) is 0 Å². The molecule has 0 bridgehead atoms. The van der Waals surface area contributed by atoms with Crippen molar-refractivity contribution in [3.05, 3.63) is 0 Å². The highest BCUT2D eigenvalue weighted by Crippen LogP contribution is 2.13. The monoisotopic (exact) mass is 673 g/mol. The summed E-state index contributed by atoms with van der Waals surface area (Å²) in [5, 5.41) is 33.8. The molecular formula is C24H46F3N11O8. The highest BCUT2D eigenvalue weighted by Gasteiger charge is 2.38. The minimum absolute atomic E-state index is 0.0437. The Hall–Kier alpha value is -4.44. The van der Waals surface area contributed by atoms with E-state index < -0.39 is 66.1 Å². The van der Waals surface area contributed by atoms with Crippen molar-refractivity contribution < 1.29 is 52.5 Å². The molecule has 0 aliphatic rings. The molecule has 0 heterocycles. The zero-order chi connectivity index (χ0) is 36.0. The summed E-state index contributed by atoms with van der Waals surface area (Å²) in [7, 11) is 0. The van der Waals surface area contributed by atoms with Crippen LogP contribution in [0.25, 0.3) is 0 Å². The number of nitrogens with zero attached hydrogens (tertiary/aromatic N) is 2. The standard InChI is InChI=1S/C22H45N11O6.C2HF3O2/c1-12(34)16(24)19(37)32-14(7-4-10-29-21(25)26)17(35)31-13(6-2-3-9-23)18(36)33-15(20(38)39)8-5-11-30-22(27)28;3-2(4,5)1(6)7/h12-16,34H,2-11,23-24H2,1H3,(H,31,35)(H,32,37)(H,33,36)(H,38,39)(H4,25,26,29)(H4,27,28,30);(H,6,7)/t12-,13+,14+,15+,16+;/m1./s1. The van der Waals surface area contributed by atoms with Crippen molar-refractivity contribution in [1.82, 2.24) is 16.0 Å². The lowest BCUT2D eigenvalue weighted by atomic mass is 10.0. The van der Waals surface area contributed by atoms with E-state index in [-0.39, 0.29) is 50.7 Å². The summed E-state index contributed by atoms with van der Waals surface area (Å²) in [4.78, 5) is 66.8.